The highest BCUT2D eigenvalue weighted by Gasteiger charge is 2.34. The summed E-state index contributed by atoms with van der Waals surface area (Å²) in [7, 11) is -4.10. The van der Waals surface area contributed by atoms with Crippen LogP contribution in [0.2, 0.25) is 0 Å². The van der Waals surface area contributed by atoms with E-state index in [0.29, 0.717) is 6.07 Å². The quantitative estimate of drug-likeness (QED) is 0.862. The summed E-state index contributed by atoms with van der Waals surface area (Å²) in [6.07, 6.45) is 0.573. The van der Waals surface area contributed by atoms with Crippen molar-refractivity contribution in [1.82, 2.24) is 4.31 Å². The van der Waals surface area contributed by atoms with E-state index >= 15 is 0 Å². The number of amides is 1. The lowest BCUT2D eigenvalue weighted by atomic mass is 9.98. The van der Waals surface area contributed by atoms with Gasteiger partial charge in [-0.1, -0.05) is 0 Å². The Bertz CT molecular complexity index is 650. The zero-order valence-corrected chi connectivity index (χ0v) is 13.3. The number of nitrogens with two attached hydrogens (primary N) is 1. The molecule has 1 fully saturated rings. The first-order chi connectivity index (χ1) is 9.73. The van der Waals surface area contributed by atoms with Crippen LogP contribution in [-0.4, -0.2) is 31.7 Å². The second-order valence-corrected chi connectivity index (χ2v) is 7.51. The van der Waals surface area contributed by atoms with Crippen LogP contribution in [0.15, 0.2) is 21.5 Å². The van der Waals surface area contributed by atoms with Crippen molar-refractivity contribution in [3.05, 3.63) is 28.2 Å². The first-order valence-corrected chi connectivity index (χ1v) is 8.41. The fourth-order valence-corrected chi connectivity index (χ4v) is 4.87. The first kappa shape index (κ1) is 16.3. The largest absolute Gasteiger partial charge is 0.369 e. The van der Waals surface area contributed by atoms with Crippen LogP contribution in [0.5, 0.6) is 0 Å². The number of sulfonamides is 1. The van der Waals surface area contributed by atoms with Gasteiger partial charge in [0.25, 0.3) is 0 Å². The fourth-order valence-electron chi connectivity index (χ4n) is 2.29. The molecular formula is C12H13BrF2N2O3S. The first-order valence-electron chi connectivity index (χ1n) is 6.17. The molecule has 0 unspecified atom stereocenters. The molecule has 9 heteroatoms. The van der Waals surface area contributed by atoms with Gasteiger partial charge in [0.15, 0.2) is 0 Å². The maximum absolute atomic E-state index is 13.8. The van der Waals surface area contributed by atoms with Crippen LogP contribution in [0.4, 0.5) is 8.78 Å². The average molecular weight is 383 g/mol. The molecule has 1 aliphatic rings. The monoisotopic (exact) mass is 382 g/mol. The molecule has 116 valence electrons. The minimum absolute atomic E-state index is 0.0686. The third kappa shape index (κ3) is 3.24. The summed E-state index contributed by atoms with van der Waals surface area (Å²) in [6, 6.07) is 1.42. The number of rotatable bonds is 3. The van der Waals surface area contributed by atoms with Gasteiger partial charge in [-0.15, -0.1) is 0 Å². The van der Waals surface area contributed by atoms with E-state index in [2.05, 4.69) is 15.9 Å². The van der Waals surface area contributed by atoms with Crippen molar-refractivity contribution in [3.8, 4) is 0 Å². The number of halogens is 3. The molecule has 5 nitrogen and oxygen atoms in total. The molecule has 2 rings (SSSR count). The molecule has 21 heavy (non-hydrogen) atoms. The lowest BCUT2D eigenvalue weighted by molar-refractivity contribution is -0.122. The Balaban J connectivity index is 2.30. The number of primary amides is 1. The number of nitrogens with zero attached hydrogens (tertiary/aromatic N) is 1. The van der Waals surface area contributed by atoms with Gasteiger partial charge in [-0.3, -0.25) is 4.79 Å². The lowest BCUT2D eigenvalue weighted by Gasteiger charge is -2.30. The van der Waals surface area contributed by atoms with E-state index in [1.54, 1.807) is 0 Å². The Morgan fingerprint density at radius 3 is 2.33 bits per heavy atom. The number of hydrogen-bond acceptors (Lipinski definition) is 3. The van der Waals surface area contributed by atoms with Crippen molar-refractivity contribution in [1.29, 1.82) is 0 Å². The zero-order chi connectivity index (χ0) is 15.8. The third-order valence-corrected chi connectivity index (χ3v) is 6.28. The maximum atomic E-state index is 13.8. The molecule has 0 aliphatic carbocycles. The van der Waals surface area contributed by atoms with Crippen LogP contribution >= 0.6 is 15.9 Å². The van der Waals surface area contributed by atoms with Crippen molar-refractivity contribution >= 4 is 31.9 Å². The summed E-state index contributed by atoms with van der Waals surface area (Å²) in [4.78, 5) is 10.5. The van der Waals surface area contributed by atoms with E-state index in [0.717, 1.165) is 10.4 Å². The Morgan fingerprint density at radius 1 is 1.29 bits per heavy atom. The number of carbonyl (C=O) groups excluding carboxylic acids is 1. The van der Waals surface area contributed by atoms with Gasteiger partial charge in [0.05, 0.1) is 0 Å². The Morgan fingerprint density at radius 2 is 1.86 bits per heavy atom. The van der Waals surface area contributed by atoms with Gasteiger partial charge in [0.2, 0.25) is 15.9 Å². The molecule has 1 heterocycles. The van der Waals surface area contributed by atoms with Crippen LogP contribution in [0, 0.1) is 17.6 Å². The van der Waals surface area contributed by atoms with Crippen LogP contribution in [0.1, 0.15) is 12.8 Å². The minimum Gasteiger partial charge on any atom is -0.369 e. The Kier molecular flexibility index (Phi) is 4.64. The molecule has 0 atom stereocenters. The van der Waals surface area contributed by atoms with Crippen molar-refractivity contribution < 1.29 is 22.0 Å². The zero-order valence-electron chi connectivity index (χ0n) is 10.9. The van der Waals surface area contributed by atoms with E-state index in [-0.39, 0.29) is 36.3 Å². The lowest BCUT2D eigenvalue weighted by Crippen LogP contribution is -2.42. The van der Waals surface area contributed by atoms with E-state index in [4.69, 9.17) is 5.73 Å². The van der Waals surface area contributed by atoms with Crippen molar-refractivity contribution in [2.45, 2.75) is 17.7 Å². The van der Waals surface area contributed by atoms with Crippen LogP contribution in [0.25, 0.3) is 0 Å². The summed E-state index contributed by atoms with van der Waals surface area (Å²) in [6.45, 7) is 0.137. The SMILES string of the molecule is NC(=O)C1CCN(S(=O)(=O)c2c(F)cc(F)cc2Br)CC1. The van der Waals surface area contributed by atoms with Crippen LogP contribution < -0.4 is 5.73 Å². The molecule has 0 bridgehead atoms. The Hall–Kier alpha value is -1.06. The predicted molar refractivity (Wildman–Crippen MR) is 74.7 cm³/mol. The summed E-state index contributed by atoms with van der Waals surface area (Å²) in [5, 5.41) is 0. The highest BCUT2D eigenvalue weighted by molar-refractivity contribution is 9.10. The summed E-state index contributed by atoms with van der Waals surface area (Å²) in [5.74, 6) is -2.87. The van der Waals surface area contributed by atoms with Gasteiger partial charge in [-0.05, 0) is 34.8 Å². The van der Waals surface area contributed by atoms with E-state index in [1.165, 1.54) is 0 Å². The normalized spacial score (nSPS) is 17.9. The molecule has 0 aromatic heterocycles. The predicted octanol–water partition coefficient (Wildman–Crippen LogP) is 1.61. The van der Waals surface area contributed by atoms with Crippen LogP contribution in [-0.2, 0) is 14.8 Å². The van der Waals surface area contributed by atoms with E-state index in [9.17, 15) is 22.0 Å². The second kappa shape index (κ2) is 5.98. The van der Waals surface area contributed by atoms with Gasteiger partial charge < -0.3 is 5.73 Å². The molecule has 0 spiro atoms. The van der Waals surface area contributed by atoms with Gasteiger partial charge in [0.1, 0.15) is 16.5 Å². The molecule has 1 aromatic rings. The van der Waals surface area contributed by atoms with E-state index < -0.39 is 32.5 Å². The molecular weight excluding hydrogens is 370 g/mol. The maximum Gasteiger partial charge on any atom is 0.247 e. The molecule has 0 saturated carbocycles. The van der Waals surface area contributed by atoms with Crippen LogP contribution in [0.3, 0.4) is 0 Å². The number of carbonyl (C=O) groups is 1. The van der Waals surface area contributed by atoms with Crippen molar-refractivity contribution in [2.24, 2.45) is 11.7 Å². The highest BCUT2D eigenvalue weighted by Crippen LogP contribution is 2.31. The van der Waals surface area contributed by atoms with Crippen molar-refractivity contribution in [3.63, 3.8) is 0 Å². The van der Waals surface area contributed by atoms with Gasteiger partial charge in [0, 0.05) is 29.5 Å². The second-order valence-electron chi connectivity index (χ2n) is 4.78. The molecule has 1 aromatic carbocycles. The summed E-state index contributed by atoms with van der Waals surface area (Å²) in [5.41, 5.74) is 5.18. The van der Waals surface area contributed by atoms with E-state index in [1.807, 2.05) is 0 Å². The van der Waals surface area contributed by atoms with Crippen molar-refractivity contribution in [2.75, 3.05) is 13.1 Å². The van der Waals surface area contributed by atoms with Gasteiger partial charge in [-0.25, -0.2) is 17.2 Å². The molecule has 1 aliphatic heterocycles. The number of piperidine rings is 1. The summed E-state index contributed by atoms with van der Waals surface area (Å²) < 4.78 is 52.6. The van der Waals surface area contributed by atoms with Gasteiger partial charge >= 0.3 is 0 Å². The average Bonchev–Trinajstić information content (AvgIpc) is 2.37. The number of hydrogen-bond donors (Lipinski definition) is 1. The number of benzene rings is 1. The summed E-state index contributed by atoms with van der Waals surface area (Å²) >= 11 is 2.88. The third-order valence-electron chi connectivity index (χ3n) is 3.42. The minimum atomic E-state index is -4.10. The standard InChI is InChI=1S/C12H13BrF2N2O3S/c13-9-5-8(14)6-10(15)11(9)21(19,20)17-3-1-7(2-4-17)12(16)18/h5-7H,1-4H2,(H2,16,18). The molecule has 2 N–H and O–H groups in total. The Labute approximate surface area is 129 Å². The smallest absolute Gasteiger partial charge is 0.247 e. The molecule has 0 radical (unpaired) electrons. The topological polar surface area (TPSA) is 80.5 Å². The molecule has 1 saturated heterocycles. The molecule has 1 amide bonds. The fraction of sp³-hybridized carbons (Fsp3) is 0.417. The highest BCUT2D eigenvalue weighted by atomic mass is 79.9. The van der Waals surface area contributed by atoms with Gasteiger partial charge in [-0.2, -0.15) is 4.31 Å².